The van der Waals surface area contributed by atoms with Crippen LogP contribution in [0.3, 0.4) is 0 Å². The number of anilines is 1. The van der Waals surface area contributed by atoms with E-state index in [1.165, 1.54) is 7.11 Å². The van der Waals surface area contributed by atoms with Crippen LogP contribution < -0.4 is 21.1 Å². The monoisotopic (exact) mass is 293 g/mol. The van der Waals surface area contributed by atoms with E-state index in [1.807, 2.05) is 20.8 Å². The zero-order valence-corrected chi connectivity index (χ0v) is 12.9. The van der Waals surface area contributed by atoms with Gasteiger partial charge in [0.15, 0.2) is 0 Å². The maximum atomic E-state index is 11.9. The zero-order valence-electron chi connectivity index (χ0n) is 12.9. The number of nitrogens with one attached hydrogen (secondary N) is 2. The number of carbonyl (C=O) groups excluding carboxylic acids is 2. The number of rotatable bonds is 5. The summed E-state index contributed by atoms with van der Waals surface area (Å²) in [6.45, 7) is 5.99. The van der Waals surface area contributed by atoms with E-state index in [9.17, 15) is 9.59 Å². The Morgan fingerprint density at radius 2 is 1.95 bits per heavy atom. The Morgan fingerprint density at radius 1 is 1.29 bits per heavy atom. The molecule has 1 aromatic carbocycles. The maximum absolute atomic E-state index is 11.9. The molecule has 21 heavy (non-hydrogen) atoms. The number of hydrogen-bond donors (Lipinski definition) is 3. The van der Waals surface area contributed by atoms with Crippen LogP contribution in [-0.2, 0) is 4.79 Å². The fraction of sp³-hybridized carbons (Fsp3) is 0.467. The van der Waals surface area contributed by atoms with Gasteiger partial charge in [-0.3, -0.25) is 9.59 Å². The van der Waals surface area contributed by atoms with Gasteiger partial charge < -0.3 is 21.1 Å². The molecule has 0 saturated heterocycles. The number of benzene rings is 1. The molecule has 0 radical (unpaired) electrons. The van der Waals surface area contributed by atoms with Gasteiger partial charge in [-0.2, -0.15) is 0 Å². The molecule has 0 fully saturated rings. The van der Waals surface area contributed by atoms with E-state index in [0.717, 1.165) is 0 Å². The molecule has 4 N–H and O–H groups in total. The molecule has 6 nitrogen and oxygen atoms in total. The Balaban J connectivity index is 2.47. The van der Waals surface area contributed by atoms with Gasteiger partial charge in [0, 0.05) is 24.1 Å². The first-order valence-electron chi connectivity index (χ1n) is 6.75. The molecular weight excluding hydrogens is 270 g/mol. The van der Waals surface area contributed by atoms with Crippen molar-refractivity contribution in [2.45, 2.75) is 32.7 Å². The summed E-state index contributed by atoms with van der Waals surface area (Å²) in [5.41, 5.74) is 6.31. The second kappa shape index (κ2) is 6.97. The van der Waals surface area contributed by atoms with Crippen molar-refractivity contribution in [1.82, 2.24) is 10.6 Å². The summed E-state index contributed by atoms with van der Waals surface area (Å²) in [6.07, 6.45) is 0.231. The van der Waals surface area contributed by atoms with E-state index < -0.39 is 0 Å². The molecule has 0 aromatic heterocycles. The van der Waals surface area contributed by atoms with Gasteiger partial charge >= 0.3 is 0 Å². The molecule has 1 aromatic rings. The smallest absolute Gasteiger partial charge is 0.251 e. The maximum Gasteiger partial charge on any atom is 0.251 e. The van der Waals surface area contributed by atoms with Crippen LogP contribution in [0.1, 0.15) is 37.6 Å². The predicted molar refractivity (Wildman–Crippen MR) is 82.3 cm³/mol. The first-order chi connectivity index (χ1) is 9.73. The first kappa shape index (κ1) is 16.8. The summed E-state index contributed by atoms with van der Waals surface area (Å²) < 4.78 is 5.03. The number of ether oxygens (including phenoxy) is 1. The van der Waals surface area contributed by atoms with E-state index in [4.69, 9.17) is 10.5 Å². The number of amides is 2. The van der Waals surface area contributed by atoms with Gasteiger partial charge in [0.25, 0.3) is 5.91 Å². The van der Waals surface area contributed by atoms with E-state index in [1.54, 1.807) is 18.2 Å². The lowest BCUT2D eigenvalue weighted by molar-refractivity contribution is -0.122. The van der Waals surface area contributed by atoms with Gasteiger partial charge in [-0.25, -0.2) is 0 Å². The van der Waals surface area contributed by atoms with Crippen LogP contribution in [0.15, 0.2) is 18.2 Å². The Bertz CT molecular complexity index is 521. The van der Waals surface area contributed by atoms with Gasteiger partial charge in [-0.05, 0) is 39.0 Å². The Labute approximate surface area is 125 Å². The molecule has 0 aliphatic carbocycles. The molecule has 6 heteroatoms. The van der Waals surface area contributed by atoms with Gasteiger partial charge in [0.1, 0.15) is 5.75 Å². The molecule has 2 amide bonds. The quantitative estimate of drug-likeness (QED) is 0.714. The summed E-state index contributed by atoms with van der Waals surface area (Å²) in [5, 5.41) is 5.51. The second-order valence-corrected chi connectivity index (χ2v) is 5.76. The molecule has 0 spiro atoms. The van der Waals surface area contributed by atoms with Crippen LogP contribution in [0.5, 0.6) is 5.75 Å². The third-order valence-electron chi connectivity index (χ3n) is 2.64. The second-order valence-electron chi connectivity index (χ2n) is 5.76. The van der Waals surface area contributed by atoms with Crippen molar-refractivity contribution in [3.8, 4) is 5.75 Å². The lowest BCUT2D eigenvalue weighted by atomic mass is 10.1. The highest BCUT2D eigenvalue weighted by Crippen LogP contribution is 2.21. The summed E-state index contributed by atoms with van der Waals surface area (Å²) >= 11 is 0. The highest BCUT2D eigenvalue weighted by molar-refractivity contribution is 5.95. The molecule has 116 valence electrons. The van der Waals surface area contributed by atoms with E-state index in [2.05, 4.69) is 10.6 Å². The van der Waals surface area contributed by atoms with Crippen LogP contribution in [0, 0.1) is 0 Å². The SMILES string of the molecule is COc1ccc(C(=O)NCCC(=O)NC(C)(C)C)cc1N. The Morgan fingerprint density at radius 3 is 2.48 bits per heavy atom. The standard InChI is InChI=1S/C15H23N3O3/c1-15(2,3)18-13(19)7-8-17-14(20)10-5-6-12(21-4)11(16)9-10/h5-6,9H,7-8,16H2,1-4H3,(H,17,20)(H,18,19). The number of hydrogen-bond acceptors (Lipinski definition) is 4. The summed E-state index contributed by atoms with van der Waals surface area (Å²) in [6, 6.07) is 4.81. The average molecular weight is 293 g/mol. The zero-order chi connectivity index (χ0) is 16.0. The fourth-order valence-corrected chi connectivity index (χ4v) is 1.75. The number of nitrogens with two attached hydrogens (primary N) is 1. The summed E-state index contributed by atoms with van der Waals surface area (Å²) in [5.74, 6) is 0.154. The molecule has 0 heterocycles. The van der Waals surface area contributed by atoms with Crippen LogP contribution in [0.2, 0.25) is 0 Å². The molecule has 0 aliphatic heterocycles. The highest BCUT2D eigenvalue weighted by Gasteiger charge is 2.14. The normalized spacial score (nSPS) is 10.9. The molecule has 0 bridgehead atoms. The number of methoxy groups -OCH3 is 1. The van der Waals surface area contributed by atoms with Gasteiger partial charge in [0.05, 0.1) is 12.8 Å². The van der Waals surface area contributed by atoms with Crippen molar-refractivity contribution >= 4 is 17.5 Å². The summed E-state index contributed by atoms with van der Waals surface area (Å²) in [7, 11) is 1.51. The number of nitrogen functional groups attached to an aromatic ring is 1. The van der Waals surface area contributed by atoms with Crippen molar-refractivity contribution < 1.29 is 14.3 Å². The van der Waals surface area contributed by atoms with E-state index in [-0.39, 0.29) is 30.3 Å². The minimum atomic E-state index is -0.272. The molecule has 0 aliphatic rings. The van der Waals surface area contributed by atoms with E-state index >= 15 is 0 Å². The molecule has 0 saturated carbocycles. The molecule has 0 unspecified atom stereocenters. The minimum Gasteiger partial charge on any atom is -0.495 e. The van der Waals surface area contributed by atoms with Crippen molar-refractivity contribution in [2.75, 3.05) is 19.4 Å². The van der Waals surface area contributed by atoms with Gasteiger partial charge in [0.2, 0.25) is 5.91 Å². The van der Waals surface area contributed by atoms with Crippen molar-refractivity contribution in [3.05, 3.63) is 23.8 Å². The fourth-order valence-electron chi connectivity index (χ4n) is 1.75. The van der Waals surface area contributed by atoms with Crippen molar-refractivity contribution in [2.24, 2.45) is 0 Å². The molecular formula is C15H23N3O3. The highest BCUT2D eigenvalue weighted by atomic mass is 16.5. The van der Waals surface area contributed by atoms with Gasteiger partial charge in [-0.15, -0.1) is 0 Å². The van der Waals surface area contributed by atoms with Crippen LogP contribution in [0.4, 0.5) is 5.69 Å². The largest absolute Gasteiger partial charge is 0.495 e. The Hall–Kier alpha value is -2.24. The molecule has 0 atom stereocenters. The third kappa shape index (κ3) is 5.72. The third-order valence-corrected chi connectivity index (χ3v) is 2.64. The summed E-state index contributed by atoms with van der Waals surface area (Å²) in [4.78, 5) is 23.5. The predicted octanol–water partition coefficient (Wildman–Crippen LogP) is 1.31. The van der Waals surface area contributed by atoms with Gasteiger partial charge in [-0.1, -0.05) is 0 Å². The molecule has 1 rings (SSSR count). The minimum absolute atomic E-state index is 0.1000. The van der Waals surface area contributed by atoms with Crippen LogP contribution in [0.25, 0.3) is 0 Å². The van der Waals surface area contributed by atoms with Crippen LogP contribution >= 0.6 is 0 Å². The average Bonchev–Trinajstić information content (AvgIpc) is 2.36. The van der Waals surface area contributed by atoms with Crippen molar-refractivity contribution in [3.63, 3.8) is 0 Å². The number of carbonyl (C=O) groups is 2. The van der Waals surface area contributed by atoms with Crippen molar-refractivity contribution in [1.29, 1.82) is 0 Å². The first-order valence-corrected chi connectivity index (χ1v) is 6.75. The lowest BCUT2D eigenvalue weighted by Crippen LogP contribution is -2.41. The van der Waals surface area contributed by atoms with E-state index in [0.29, 0.717) is 17.0 Å². The Kier molecular flexibility index (Phi) is 5.58. The topological polar surface area (TPSA) is 93.4 Å². The van der Waals surface area contributed by atoms with Crippen LogP contribution in [-0.4, -0.2) is 31.0 Å². The lowest BCUT2D eigenvalue weighted by Gasteiger charge is -2.20.